The molecule has 0 N–H and O–H groups in total. The van der Waals surface area contributed by atoms with Crippen molar-refractivity contribution >= 4 is 17.0 Å². The van der Waals surface area contributed by atoms with Gasteiger partial charge in [-0.3, -0.25) is 4.57 Å². The molecule has 1 heterocycles. The summed E-state index contributed by atoms with van der Waals surface area (Å²) in [6.07, 6.45) is 1.77. The zero-order valence-corrected chi connectivity index (χ0v) is 14.4. The number of nitriles is 1. The number of esters is 1. The second-order valence-electron chi connectivity index (χ2n) is 6.04. The second kappa shape index (κ2) is 7.14. The number of carbonyl (C=O) groups excluding carboxylic acids is 1. The van der Waals surface area contributed by atoms with Gasteiger partial charge < -0.3 is 4.74 Å². The van der Waals surface area contributed by atoms with Crippen LogP contribution in [-0.4, -0.2) is 15.5 Å². The minimum atomic E-state index is -0.388. The van der Waals surface area contributed by atoms with Gasteiger partial charge in [0.25, 0.3) is 0 Å². The van der Waals surface area contributed by atoms with Gasteiger partial charge in [-0.15, -0.1) is 0 Å². The van der Waals surface area contributed by atoms with E-state index in [2.05, 4.69) is 11.1 Å². The number of ether oxygens (including phenoxy) is 1. The predicted octanol–water partition coefficient (Wildman–Crippen LogP) is 4.25. The van der Waals surface area contributed by atoms with Gasteiger partial charge >= 0.3 is 5.97 Å². The smallest absolute Gasteiger partial charge is 0.338 e. The van der Waals surface area contributed by atoms with E-state index >= 15 is 0 Å². The number of rotatable bonds is 4. The molecule has 130 valence electrons. The Labute approximate surface area is 156 Å². The first-order valence-electron chi connectivity index (χ1n) is 8.43. The fraction of sp³-hybridized carbons (Fsp3) is 0.0455. The molecule has 0 aliphatic rings. The summed E-state index contributed by atoms with van der Waals surface area (Å²) in [4.78, 5) is 16.6. The zero-order chi connectivity index (χ0) is 18.6. The summed E-state index contributed by atoms with van der Waals surface area (Å²) < 4.78 is 7.32. The molecule has 0 fully saturated rings. The second-order valence-corrected chi connectivity index (χ2v) is 6.04. The number of aromatic nitrogens is 2. The van der Waals surface area contributed by atoms with Crippen molar-refractivity contribution in [3.63, 3.8) is 0 Å². The molecule has 4 rings (SSSR count). The van der Waals surface area contributed by atoms with Crippen LogP contribution >= 0.6 is 0 Å². The van der Waals surface area contributed by atoms with Crippen molar-refractivity contribution < 1.29 is 9.53 Å². The first kappa shape index (κ1) is 16.6. The Kier molecular flexibility index (Phi) is 4.38. The molecule has 1 aromatic heterocycles. The van der Waals surface area contributed by atoms with Crippen molar-refractivity contribution in [1.29, 1.82) is 5.26 Å². The summed E-state index contributed by atoms with van der Waals surface area (Å²) in [6.45, 7) is 0.165. The summed E-state index contributed by atoms with van der Waals surface area (Å²) >= 11 is 0. The summed E-state index contributed by atoms with van der Waals surface area (Å²) in [5, 5.41) is 8.80. The van der Waals surface area contributed by atoms with E-state index in [0.29, 0.717) is 11.1 Å². The standard InChI is InChI=1S/C22H15N3O2/c23-13-16-5-7-17(8-6-16)14-27-22(26)18-9-11-19(12-10-18)25-15-24-20-3-1-2-4-21(20)25/h1-12,15H,14H2. The molecule has 0 aliphatic carbocycles. The van der Waals surface area contributed by atoms with Crippen LogP contribution in [0.2, 0.25) is 0 Å². The average molecular weight is 353 g/mol. The SMILES string of the molecule is N#Cc1ccc(COC(=O)c2ccc(-n3cnc4ccccc43)cc2)cc1. The van der Waals surface area contributed by atoms with Gasteiger partial charge in [0.15, 0.2) is 0 Å². The van der Waals surface area contributed by atoms with E-state index in [1.54, 1.807) is 42.7 Å². The molecule has 3 aromatic carbocycles. The molecule has 0 bridgehead atoms. The molecule has 0 atom stereocenters. The first-order chi connectivity index (χ1) is 13.2. The Hall–Kier alpha value is -3.91. The number of nitrogens with zero attached hydrogens (tertiary/aromatic N) is 3. The normalized spacial score (nSPS) is 10.5. The molecule has 5 heteroatoms. The number of hydrogen-bond donors (Lipinski definition) is 0. The summed E-state index contributed by atoms with van der Waals surface area (Å²) in [6, 6.07) is 24.1. The Morgan fingerprint density at radius 3 is 2.48 bits per heavy atom. The molecule has 0 aliphatic heterocycles. The third-order valence-electron chi connectivity index (χ3n) is 4.29. The van der Waals surface area contributed by atoms with Gasteiger partial charge in [-0.05, 0) is 54.1 Å². The Bertz CT molecular complexity index is 1140. The van der Waals surface area contributed by atoms with Crippen LogP contribution in [0.5, 0.6) is 0 Å². The lowest BCUT2D eigenvalue weighted by molar-refractivity contribution is 0.0472. The predicted molar refractivity (Wildman–Crippen MR) is 101 cm³/mol. The van der Waals surface area contributed by atoms with E-state index in [1.807, 2.05) is 41.0 Å². The maximum Gasteiger partial charge on any atom is 0.338 e. The quantitative estimate of drug-likeness (QED) is 0.514. The molecular formula is C22H15N3O2. The highest BCUT2D eigenvalue weighted by Gasteiger charge is 2.09. The molecule has 0 amide bonds. The van der Waals surface area contributed by atoms with Gasteiger partial charge in [0.05, 0.1) is 28.2 Å². The third kappa shape index (κ3) is 3.42. The van der Waals surface area contributed by atoms with Crippen molar-refractivity contribution in [2.24, 2.45) is 0 Å². The monoisotopic (exact) mass is 353 g/mol. The van der Waals surface area contributed by atoms with E-state index in [4.69, 9.17) is 10.00 Å². The maximum absolute atomic E-state index is 12.3. The highest BCUT2D eigenvalue weighted by Crippen LogP contribution is 2.18. The maximum atomic E-state index is 12.3. The van der Waals surface area contributed by atoms with Crippen LogP contribution in [0.3, 0.4) is 0 Å². The third-order valence-corrected chi connectivity index (χ3v) is 4.29. The topological polar surface area (TPSA) is 67.9 Å². The van der Waals surface area contributed by atoms with Crippen LogP contribution in [0.15, 0.2) is 79.1 Å². The number of para-hydroxylation sites is 2. The average Bonchev–Trinajstić information content (AvgIpc) is 3.16. The van der Waals surface area contributed by atoms with Crippen LogP contribution in [0, 0.1) is 11.3 Å². The molecule has 0 saturated carbocycles. The number of benzene rings is 3. The van der Waals surface area contributed by atoms with Gasteiger partial charge in [0, 0.05) is 5.69 Å². The number of fused-ring (bicyclic) bond motifs is 1. The van der Waals surface area contributed by atoms with Crippen molar-refractivity contribution in [1.82, 2.24) is 9.55 Å². The molecule has 5 nitrogen and oxygen atoms in total. The Morgan fingerprint density at radius 2 is 1.74 bits per heavy atom. The Morgan fingerprint density at radius 1 is 1.00 bits per heavy atom. The molecule has 0 radical (unpaired) electrons. The fourth-order valence-corrected chi connectivity index (χ4v) is 2.83. The van der Waals surface area contributed by atoms with Crippen LogP contribution in [-0.2, 0) is 11.3 Å². The molecule has 0 saturated heterocycles. The molecular weight excluding hydrogens is 338 g/mol. The molecule has 4 aromatic rings. The molecule has 27 heavy (non-hydrogen) atoms. The van der Waals surface area contributed by atoms with Crippen LogP contribution < -0.4 is 0 Å². The highest BCUT2D eigenvalue weighted by atomic mass is 16.5. The van der Waals surface area contributed by atoms with Crippen LogP contribution in [0.4, 0.5) is 0 Å². The minimum Gasteiger partial charge on any atom is -0.457 e. The zero-order valence-electron chi connectivity index (χ0n) is 14.4. The Balaban J connectivity index is 1.46. The van der Waals surface area contributed by atoms with Crippen molar-refractivity contribution in [3.05, 3.63) is 95.8 Å². The van der Waals surface area contributed by atoms with Gasteiger partial charge in [-0.2, -0.15) is 5.26 Å². The van der Waals surface area contributed by atoms with E-state index in [1.165, 1.54) is 0 Å². The number of carbonyl (C=O) groups is 1. The lowest BCUT2D eigenvalue weighted by Crippen LogP contribution is -2.05. The highest BCUT2D eigenvalue weighted by molar-refractivity contribution is 5.89. The lowest BCUT2D eigenvalue weighted by Gasteiger charge is -2.07. The van der Waals surface area contributed by atoms with Crippen LogP contribution in [0.1, 0.15) is 21.5 Å². The van der Waals surface area contributed by atoms with E-state index in [9.17, 15) is 4.79 Å². The minimum absolute atomic E-state index is 0.165. The van der Waals surface area contributed by atoms with Crippen molar-refractivity contribution in [2.45, 2.75) is 6.61 Å². The summed E-state index contributed by atoms with van der Waals surface area (Å²) in [5.74, 6) is -0.388. The summed E-state index contributed by atoms with van der Waals surface area (Å²) in [5.41, 5.74) is 4.75. The van der Waals surface area contributed by atoms with Gasteiger partial charge in [0.1, 0.15) is 12.9 Å². The first-order valence-corrected chi connectivity index (χ1v) is 8.43. The number of imidazole rings is 1. The van der Waals surface area contributed by atoms with Gasteiger partial charge in [0.2, 0.25) is 0 Å². The van der Waals surface area contributed by atoms with E-state index in [-0.39, 0.29) is 12.6 Å². The molecule has 0 spiro atoms. The van der Waals surface area contributed by atoms with E-state index in [0.717, 1.165) is 22.3 Å². The van der Waals surface area contributed by atoms with Crippen LogP contribution in [0.25, 0.3) is 16.7 Å². The van der Waals surface area contributed by atoms with Crippen molar-refractivity contribution in [3.8, 4) is 11.8 Å². The van der Waals surface area contributed by atoms with Gasteiger partial charge in [-0.25, -0.2) is 9.78 Å². The van der Waals surface area contributed by atoms with E-state index < -0.39 is 0 Å². The largest absolute Gasteiger partial charge is 0.457 e. The van der Waals surface area contributed by atoms with Crippen molar-refractivity contribution in [2.75, 3.05) is 0 Å². The summed E-state index contributed by atoms with van der Waals surface area (Å²) in [7, 11) is 0. The molecule has 0 unspecified atom stereocenters. The lowest BCUT2D eigenvalue weighted by atomic mass is 10.1. The number of hydrogen-bond acceptors (Lipinski definition) is 4. The fourth-order valence-electron chi connectivity index (χ4n) is 2.83. The van der Waals surface area contributed by atoms with Gasteiger partial charge in [-0.1, -0.05) is 24.3 Å².